The summed E-state index contributed by atoms with van der Waals surface area (Å²) in [6.07, 6.45) is 3.57. The van der Waals surface area contributed by atoms with Gasteiger partial charge in [0.2, 0.25) is 5.78 Å². The zero-order chi connectivity index (χ0) is 22.2. The highest BCUT2D eigenvalue weighted by atomic mass is 35.5. The summed E-state index contributed by atoms with van der Waals surface area (Å²) >= 11 is 12.1. The molecule has 2 aliphatic rings. The van der Waals surface area contributed by atoms with Crippen molar-refractivity contribution in [2.24, 2.45) is 0 Å². The number of carbonyl (C=O) groups excluding carboxylic acids is 1. The number of benzene rings is 3. The van der Waals surface area contributed by atoms with Crippen LogP contribution < -0.4 is 14.2 Å². The summed E-state index contributed by atoms with van der Waals surface area (Å²) in [7, 11) is 0. The van der Waals surface area contributed by atoms with E-state index < -0.39 is 0 Å². The smallest absolute Gasteiger partial charge is 0.231 e. The van der Waals surface area contributed by atoms with E-state index in [2.05, 4.69) is 0 Å². The first-order chi connectivity index (χ1) is 15.5. The lowest BCUT2D eigenvalue weighted by atomic mass is 10.0. The van der Waals surface area contributed by atoms with Crippen LogP contribution in [0.15, 0.2) is 78.1 Å². The number of rotatable bonds is 4. The molecule has 32 heavy (non-hydrogen) atoms. The summed E-state index contributed by atoms with van der Waals surface area (Å²) in [6, 6.07) is 18.2. The molecule has 160 valence electrons. The largest absolute Gasteiger partial charge is 0.489 e. The minimum absolute atomic E-state index is 0.167. The molecule has 0 fully saturated rings. The van der Waals surface area contributed by atoms with Crippen LogP contribution in [0.1, 0.15) is 28.4 Å². The molecule has 3 aromatic rings. The Labute approximate surface area is 195 Å². The van der Waals surface area contributed by atoms with Crippen LogP contribution in [0, 0.1) is 0 Å². The van der Waals surface area contributed by atoms with Gasteiger partial charge in [-0.05, 0) is 55.0 Å². The van der Waals surface area contributed by atoms with Crippen LogP contribution in [0.5, 0.6) is 17.2 Å². The summed E-state index contributed by atoms with van der Waals surface area (Å²) in [6.45, 7) is 2.21. The van der Waals surface area contributed by atoms with Crippen molar-refractivity contribution in [2.75, 3.05) is 0 Å². The fourth-order valence-corrected chi connectivity index (χ4v) is 4.09. The Morgan fingerprint density at radius 3 is 2.72 bits per heavy atom. The van der Waals surface area contributed by atoms with E-state index in [0.717, 1.165) is 22.4 Å². The molecule has 0 spiro atoms. The number of hydrogen-bond acceptors (Lipinski definition) is 4. The molecule has 0 aromatic heterocycles. The Morgan fingerprint density at radius 1 is 1.03 bits per heavy atom. The SMILES string of the molecule is CC1Oc2ccccc2C=C1C=C1Oc2cc(OCc3ccc(Cl)cc3Cl)ccc2C1=O. The second-order valence-electron chi connectivity index (χ2n) is 7.56. The Morgan fingerprint density at radius 2 is 1.88 bits per heavy atom. The molecule has 0 amide bonds. The van der Waals surface area contributed by atoms with E-state index in [9.17, 15) is 4.79 Å². The van der Waals surface area contributed by atoms with Gasteiger partial charge in [0.1, 0.15) is 30.0 Å². The third-order valence-corrected chi connectivity index (χ3v) is 5.95. The summed E-state index contributed by atoms with van der Waals surface area (Å²) in [5, 5.41) is 1.10. The minimum atomic E-state index is -0.194. The molecule has 6 heteroatoms. The van der Waals surface area contributed by atoms with Crippen molar-refractivity contribution in [1.29, 1.82) is 0 Å². The first kappa shape index (κ1) is 20.7. The van der Waals surface area contributed by atoms with Crippen molar-refractivity contribution in [1.82, 2.24) is 0 Å². The molecule has 0 N–H and O–H groups in total. The number of halogens is 2. The molecular weight excluding hydrogens is 447 g/mol. The van der Waals surface area contributed by atoms with Crippen LogP contribution in [-0.2, 0) is 6.61 Å². The fourth-order valence-electron chi connectivity index (χ4n) is 3.63. The summed E-state index contributed by atoms with van der Waals surface area (Å²) in [5.74, 6) is 1.96. The van der Waals surface area contributed by atoms with Gasteiger partial charge in [0, 0.05) is 27.2 Å². The predicted molar refractivity (Wildman–Crippen MR) is 125 cm³/mol. The Kier molecular flexibility index (Phi) is 5.41. The highest BCUT2D eigenvalue weighted by Gasteiger charge is 2.29. The maximum Gasteiger partial charge on any atom is 0.231 e. The lowest BCUT2D eigenvalue weighted by Gasteiger charge is -2.22. The van der Waals surface area contributed by atoms with Crippen LogP contribution in [0.25, 0.3) is 6.08 Å². The molecule has 4 nitrogen and oxygen atoms in total. The van der Waals surface area contributed by atoms with Gasteiger partial charge in [-0.15, -0.1) is 0 Å². The molecule has 1 unspecified atom stereocenters. The molecule has 2 aliphatic heterocycles. The molecule has 1 atom stereocenters. The van der Waals surface area contributed by atoms with E-state index in [1.54, 1.807) is 36.4 Å². The number of ketones is 1. The van der Waals surface area contributed by atoms with Gasteiger partial charge in [-0.1, -0.05) is 47.5 Å². The van der Waals surface area contributed by atoms with Gasteiger partial charge < -0.3 is 14.2 Å². The number of Topliss-reactive ketones (excluding diaryl/α,β-unsaturated/α-hetero) is 1. The van der Waals surface area contributed by atoms with E-state index >= 15 is 0 Å². The lowest BCUT2D eigenvalue weighted by molar-refractivity contribution is 0.101. The highest BCUT2D eigenvalue weighted by Crippen LogP contribution is 2.37. The van der Waals surface area contributed by atoms with Gasteiger partial charge in [-0.25, -0.2) is 0 Å². The molecule has 0 saturated carbocycles. The topological polar surface area (TPSA) is 44.8 Å². The van der Waals surface area contributed by atoms with Crippen molar-refractivity contribution in [3.05, 3.63) is 105 Å². The number of ether oxygens (including phenoxy) is 3. The van der Waals surface area contributed by atoms with Crippen LogP contribution in [0.4, 0.5) is 0 Å². The van der Waals surface area contributed by atoms with Gasteiger partial charge in [-0.3, -0.25) is 4.79 Å². The zero-order valence-corrected chi connectivity index (χ0v) is 18.6. The van der Waals surface area contributed by atoms with Gasteiger partial charge in [0.05, 0.1) is 5.56 Å². The van der Waals surface area contributed by atoms with Crippen LogP contribution in [-0.4, -0.2) is 11.9 Å². The third-order valence-electron chi connectivity index (χ3n) is 5.36. The third kappa shape index (κ3) is 3.99. The first-order valence-electron chi connectivity index (χ1n) is 10.1. The standard InChI is InChI=1S/C26H18Cl2O4/c1-15-18(10-16-4-2-3-5-23(16)31-15)11-25-26(29)21-9-8-20(13-24(21)32-25)30-14-17-6-7-19(27)12-22(17)28/h2-13,15H,14H2,1H3. The highest BCUT2D eigenvalue weighted by molar-refractivity contribution is 6.35. The van der Waals surface area contributed by atoms with Crippen molar-refractivity contribution in [3.8, 4) is 17.2 Å². The fraction of sp³-hybridized carbons (Fsp3) is 0.115. The van der Waals surface area contributed by atoms with Crippen molar-refractivity contribution < 1.29 is 19.0 Å². The summed E-state index contributed by atoms with van der Waals surface area (Å²) < 4.78 is 17.7. The molecule has 2 heterocycles. The van der Waals surface area contributed by atoms with E-state index in [0.29, 0.717) is 27.1 Å². The van der Waals surface area contributed by atoms with E-state index in [1.165, 1.54) is 0 Å². The van der Waals surface area contributed by atoms with Crippen LogP contribution >= 0.6 is 23.2 Å². The predicted octanol–water partition coefficient (Wildman–Crippen LogP) is 6.90. The van der Waals surface area contributed by atoms with Crippen LogP contribution in [0.3, 0.4) is 0 Å². The average Bonchev–Trinajstić information content (AvgIpc) is 3.08. The minimum Gasteiger partial charge on any atom is -0.489 e. The van der Waals surface area contributed by atoms with Crippen molar-refractivity contribution in [2.45, 2.75) is 19.6 Å². The Bertz CT molecular complexity index is 1290. The first-order valence-corrected chi connectivity index (χ1v) is 10.9. The average molecular weight is 465 g/mol. The van der Waals surface area contributed by atoms with E-state index in [4.69, 9.17) is 37.4 Å². The second-order valence-corrected chi connectivity index (χ2v) is 8.41. The normalized spacial score (nSPS) is 17.8. The number of carbonyl (C=O) groups is 1. The Hall–Kier alpha value is -3.21. The quantitative estimate of drug-likeness (QED) is 0.394. The zero-order valence-electron chi connectivity index (χ0n) is 17.1. The van der Waals surface area contributed by atoms with Gasteiger partial charge >= 0.3 is 0 Å². The summed E-state index contributed by atoms with van der Waals surface area (Å²) in [4.78, 5) is 12.9. The maximum atomic E-state index is 12.9. The molecule has 0 radical (unpaired) electrons. The number of para-hydroxylation sites is 1. The van der Waals surface area contributed by atoms with Crippen molar-refractivity contribution in [3.63, 3.8) is 0 Å². The molecule has 3 aromatic carbocycles. The number of hydrogen-bond donors (Lipinski definition) is 0. The lowest BCUT2D eigenvalue weighted by Crippen LogP contribution is -2.18. The second kappa shape index (κ2) is 8.38. The van der Waals surface area contributed by atoms with Gasteiger partial charge in [0.25, 0.3) is 0 Å². The Balaban J connectivity index is 1.35. The number of allylic oxidation sites excluding steroid dienone is 1. The molecular formula is C26H18Cl2O4. The van der Waals surface area contributed by atoms with Crippen molar-refractivity contribution >= 4 is 35.1 Å². The van der Waals surface area contributed by atoms with E-state index in [-0.39, 0.29) is 24.3 Å². The monoisotopic (exact) mass is 464 g/mol. The molecule has 0 aliphatic carbocycles. The summed E-state index contributed by atoms with van der Waals surface area (Å²) in [5.41, 5.74) is 3.15. The van der Waals surface area contributed by atoms with Crippen LogP contribution in [0.2, 0.25) is 10.0 Å². The molecule has 0 bridgehead atoms. The van der Waals surface area contributed by atoms with Gasteiger partial charge in [-0.2, -0.15) is 0 Å². The molecule has 0 saturated heterocycles. The maximum absolute atomic E-state index is 12.9. The van der Waals surface area contributed by atoms with E-state index in [1.807, 2.05) is 43.3 Å². The molecule has 5 rings (SSSR count). The van der Waals surface area contributed by atoms with Gasteiger partial charge in [0.15, 0.2) is 5.76 Å². The number of fused-ring (bicyclic) bond motifs is 2.